The average molecular weight is 341 g/mol. The first-order valence-electron chi connectivity index (χ1n) is 7.04. The van der Waals surface area contributed by atoms with Gasteiger partial charge in [-0.3, -0.25) is 4.79 Å². The van der Waals surface area contributed by atoms with Crippen LogP contribution in [-0.4, -0.2) is 25.6 Å². The Balaban J connectivity index is 1.82. The van der Waals surface area contributed by atoms with Crippen LogP contribution < -0.4 is 15.4 Å². The summed E-state index contributed by atoms with van der Waals surface area (Å²) in [6.07, 6.45) is 4.61. The van der Waals surface area contributed by atoms with Crippen molar-refractivity contribution in [1.29, 1.82) is 0 Å². The molecule has 1 aliphatic carbocycles. The smallest absolute Gasteiger partial charge is 0.258 e. The van der Waals surface area contributed by atoms with Crippen molar-refractivity contribution in [3.63, 3.8) is 0 Å². The molecule has 110 valence electrons. The highest BCUT2D eigenvalue weighted by atomic mass is 79.9. The molecule has 0 unspecified atom stereocenters. The standard InChI is InChI=1S/C15H21BrN2O2/c1-17-9-11-6-7-14(13(16)8-11)20-10-15(19)18-12-4-2-3-5-12/h6-8,12,17H,2-5,9-10H2,1H3,(H,18,19). The molecule has 1 aliphatic rings. The van der Waals surface area contributed by atoms with Gasteiger partial charge in [0.2, 0.25) is 0 Å². The van der Waals surface area contributed by atoms with E-state index in [0.29, 0.717) is 11.8 Å². The molecular formula is C15H21BrN2O2. The van der Waals surface area contributed by atoms with Crippen LogP contribution in [0.1, 0.15) is 31.2 Å². The van der Waals surface area contributed by atoms with E-state index in [2.05, 4.69) is 26.6 Å². The fraction of sp³-hybridized carbons (Fsp3) is 0.533. The van der Waals surface area contributed by atoms with Crippen LogP contribution in [0.15, 0.2) is 22.7 Å². The molecule has 0 aliphatic heterocycles. The minimum Gasteiger partial charge on any atom is -0.483 e. The van der Waals surface area contributed by atoms with Crippen LogP contribution in [0.25, 0.3) is 0 Å². The minimum atomic E-state index is -0.0388. The monoisotopic (exact) mass is 340 g/mol. The molecule has 0 atom stereocenters. The number of carbonyl (C=O) groups is 1. The van der Waals surface area contributed by atoms with Crippen molar-refractivity contribution in [3.8, 4) is 5.75 Å². The summed E-state index contributed by atoms with van der Waals surface area (Å²) < 4.78 is 6.44. The second kappa shape index (κ2) is 7.64. The van der Waals surface area contributed by atoms with Gasteiger partial charge in [0.15, 0.2) is 6.61 Å². The molecule has 4 nitrogen and oxygen atoms in total. The molecule has 0 aromatic heterocycles. The predicted octanol–water partition coefficient (Wildman–Crippen LogP) is 2.61. The number of benzene rings is 1. The topological polar surface area (TPSA) is 50.4 Å². The number of rotatable bonds is 6. The quantitative estimate of drug-likeness (QED) is 0.836. The molecule has 2 N–H and O–H groups in total. The highest BCUT2D eigenvalue weighted by Gasteiger charge is 2.17. The van der Waals surface area contributed by atoms with Gasteiger partial charge in [-0.2, -0.15) is 0 Å². The van der Waals surface area contributed by atoms with Crippen LogP contribution in [0, 0.1) is 0 Å². The Hall–Kier alpha value is -1.07. The fourth-order valence-electron chi connectivity index (χ4n) is 2.46. The van der Waals surface area contributed by atoms with E-state index in [9.17, 15) is 4.79 Å². The van der Waals surface area contributed by atoms with Crippen molar-refractivity contribution in [2.45, 2.75) is 38.3 Å². The molecule has 1 amide bonds. The third-order valence-corrected chi connectivity index (χ3v) is 4.08. The lowest BCUT2D eigenvalue weighted by Gasteiger charge is -2.13. The van der Waals surface area contributed by atoms with E-state index in [0.717, 1.165) is 23.9 Å². The summed E-state index contributed by atoms with van der Waals surface area (Å²) in [6, 6.07) is 6.22. The highest BCUT2D eigenvalue weighted by Crippen LogP contribution is 2.26. The molecule has 0 heterocycles. The van der Waals surface area contributed by atoms with Gasteiger partial charge in [0.1, 0.15) is 5.75 Å². The van der Waals surface area contributed by atoms with Gasteiger partial charge < -0.3 is 15.4 Å². The van der Waals surface area contributed by atoms with Crippen LogP contribution in [0.3, 0.4) is 0 Å². The second-order valence-electron chi connectivity index (χ2n) is 5.13. The summed E-state index contributed by atoms with van der Waals surface area (Å²) in [5, 5.41) is 6.11. The second-order valence-corrected chi connectivity index (χ2v) is 5.99. The van der Waals surface area contributed by atoms with Gasteiger partial charge >= 0.3 is 0 Å². The van der Waals surface area contributed by atoms with E-state index in [-0.39, 0.29) is 12.5 Å². The van der Waals surface area contributed by atoms with Gasteiger partial charge in [0, 0.05) is 12.6 Å². The summed E-state index contributed by atoms with van der Waals surface area (Å²) in [7, 11) is 1.91. The van der Waals surface area contributed by atoms with Gasteiger partial charge in [-0.05, 0) is 53.5 Å². The lowest BCUT2D eigenvalue weighted by atomic mass is 10.2. The molecule has 0 radical (unpaired) electrons. The van der Waals surface area contributed by atoms with E-state index in [4.69, 9.17) is 4.74 Å². The maximum Gasteiger partial charge on any atom is 0.258 e. The van der Waals surface area contributed by atoms with E-state index in [1.54, 1.807) is 0 Å². The SMILES string of the molecule is CNCc1ccc(OCC(=O)NC2CCCC2)c(Br)c1. The lowest BCUT2D eigenvalue weighted by molar-refractivity contribution is -0.123. The molecule has 0 bridgehead atoms. The third-order valence-electron chi connectivity index (χ3n) is 3.46. The Labute approximate surface area is 128 Å². The van der Waals surface area contributed by atoms with Gasteiger partial charge in [-0.1, -0.05) is 18.9 Å². The molecule has 20 heavy (non-hydrogen) atoms. The zero-order valence-corrected chi connectivity index (χ0v) is 13.3. The Bertz CT molecular complexity index is 459. The summed E-state index contributed by atoms with van der Waals surface area (Å²) in [5.74, 6) is 0.662. The molecule has 1 aromatic rings. The first kappa shape index (κ1) is 15.3. The summed E-state index contributed by atoms with van der Waals surface area (Å²) in [4.78, 5) is 11.8. The van der Waals surface area contributed by atoms with Crippen LogP contribution >= 0.6 is 15.9 Å². The van der Waals surface area contributed by atoms with Crippen molar-refractivity contribution >= 4 is 21.8 Å². The Kier molecular flexibility index (Phi) is 5.86. The van der Waals surface area contributed by atoms with Crippen LogP contribution in [-0.2, 0) is 11.3 Å². The molecule has 2 rings (SSSR count). The minimum absolute atomic E-state index is 0.0388. The maximum absolute atomic E-state index is 11.8. The third kappa shape index (κ3) is 4.49. The highest BCUT2D eigenvalue weighted by molar-refractivity contribution is 9.10. The zero-order chi connectivity index (χ0) is 14.4. The number of hydrogen-bond donors (Lipinski definition) is 2. The van der Waals surface area contributed by atoms with E-state index in [1.807, 2.05) is 25.2 Å². The molecule has 5 heteroatoms. The van der Waals surface area contributed by atoms with Crippen molar-refractivity contribution in [3.05, 3.63) is 28.2 Å². The van der Waals surface area contributed by atoms with Gasteiger partial charge in [-0.25, -0.2) is 0 Å². The zero-order valence-electron chi connectivity index (χ0n) is 11.7. The number of halogens is 1. The number of hydrogen-bond acceptors (Lipinski definition) is 3. The summed E-state index contributed by atoms with van der Waals surface area (Å²) >= 11 is 3.47. The number of carbonyl (C=O) groups excluding carboxylic acids is 1. The summed E-state index contributed by atoms with van der Waals surface area (Å²) in [5.41, 5.74) is 1.17. The number of amides is 1. The average Bonchev–Trinajstić information content (AvgIpc) is 2.91. The molecule has 1 saturated carbocycles. The Morgan fingerprint density at radius 1 is 1.40 bits per heavy atom. The first-order valence-corrected chi connectivity index (χ1v) is 7.83. The predicted molar refractivity (Wildman–Crippen MR) is 82.8 cm³/mol. The summed E-state index contributed by atoms with van der Waals surface area (Å²) in [6.45, 7) is 0.877. The molecular weight excluding hydrogens is 320 g/mol. The first-order chi connectivity index (χ1) is 9.69. The lowest BCUT2D eigenvalue weighted by Crippen LogP contribution is -2.36. The maximum atomic E-state index is 11.8. The van der Waals surface area contributed by atoms with Gasteiger partial charge in [-0.15, -0.1) is 0 Å². The van der Waals surface area contributed by atoms with E-state index < -0.39 is 0 Å². The normalized spacial score (nSPS) is 15.3. The molecule has 0 saturated heterocycles. The molecule has 1 fully saturated rings. The number of ether oxygens (including phenoxy) is 1. The van der Waals surface area contributed by atoms with Crippen molar-refractivity contribution < 1.29 is 9.53 Å². The number of nitrogens with one attached hydrogen (secondary N) is 2. The van der Waals surface area contributed by atoms with E-state index >= 15 is 0 Å². The Morgan fingerprint density at radius 3 is 2.80 bits per heavy atom. The van der Waals surface area contributed by atoms with Gasteiger partial charge in [0.25, 0.3) is 5.91 Å². The molecule has 0 spiro atoms. The van der Waals surface area contributed by atoms with Crippen LogP contribution in [0.5, 0.6) is 5.75 Å². The van der Waals surface area contributed by atoms with E-state index in [1.165, 1.54) is 18.4 Å². The molecule has 1 aromatic carbocycles. The van der Waals surface area contributed by atoms with Crippen molar-refractivity contribution in [2.24, 2.45) is 0 Å². The van der Waals surface area contributed by atoms with Crippen LogP contribution in [0.4, 0.5) is 0 Å². The van der Waals surface area contributed by atoms with Gasteiger partial charge in [0.05, 0.1) is 4.47 Å². The largest absolute Gasteiger partial charge is 0.483 e. The Morgan fingerprint density at radius 2 is 2.15 bits per heavy atom. The van der Waals surface area contributed by atoms with Crippen LogP contribution in [0.2, 0.25) is 0 Å². The van der Waals surface area contributed by atoms with Crippen molar-refractivity contribution in [2.75, 3.05) is 13.7 Å². The van der Waals surface area contributed by atoms with Crippen molar-refractivity contribution in [1.82, 2.24) is 10.6 Å². The fourth-order valence-corrected chi connectivity index (χ4v) is 3.00.